The molecule has 0 aliphatic heterocycles. The predicted octanol–water partition coefficient (Wildman–Crippen LogP) is 0.715. The van der Waals surface area contributed by atoms with Crippen molar-refractivity contribution >= 4 is 10.0 Å². The largest absolute Gasteiger partial charge is 0.495 e. The number of hydrogen-bond acceptors (Lipinski definition) is 5. The van der Waals surface area contributed by atoms with Gasteiger partial charge in [-0.15, -0.1) is 0 Å². The normalized spacial score (nSPS) is 13.2. The van der Waals surface area contributed by atoms with E-state index in [1.54, 1.807) is 19.2 Å². The van der Waals surface area contributed by atoms with Gasteiger partial charge in [-0.3, -0.25) is 0 Å². The minimum absolute atomic E-state index is 0.0871. The highest BCUT2D eigenvalue weighted by Gasteiger charge is 2.20. The van der Waals surface area contributed by atoms with Crippen molar-refractivity contribution in [2.75, 3.05) is 27.4 Å². The van der Waals surface area contributed by atoms with Gasteiger partial charge in [0.05, 0.1) is 7.11 Å². The first-order valence-corrected chi connectivity index (χ1v) is 7.78. The van der Waals surface area contributed by atoms with E-state index >= 15 is 0 Å². The molecule has 1 unspecified atom stereocenters. The first-order chi connectivity index (χ1) is 9.44. The van der Waals surface area contributed by atoms with Gasteiger partial charge < -0.3 is 15.2 Å². The van der Waals surface area contributed by atoms with Gasteiger partial charge in [0.2, 0.25) is 10.0 Å². The fourth-order valence-electron chi connectivity index (χ4n) is 1.73. The van der Waals surface area contributed by atoms with Crippen LogP contribution in [0.4, 0.5) is 0 Å². The summed E-state index contributed by atoms with van der Waals surface area (Å²) in [7, 11) is -0.597. The molecule has 0 spiro atoms. The lowest BCUT2D eigenvalue weighted by Gasteiger charge is -2.14. The third-order valence-corrected chi connectivity index (χ3v) is 4.29. The van der Waals surface area contributed by atoms with Crippen molar-refractivity contribution < 1.29 is 17.9 Å². The molecule has 1 aromatic rings. The van der Waals surface area contributed by atoms with Gasteiger partial charge >= 0.3 is 0 Å². The summed E-state index contributed by atoms with van der Waals surface area (Å²) in [6.07, 6.45) is 0. The van der Waals surface area contributed by atoms with Crippen molar-refractivity contribution in [3.05, 3.63) is 23.8 Å². The topological polar surface area (TPSA) is 90.7 Å². The average molecular weight is 302 g/mol. The van der Waals surface area contributed by atoms with Gasteiger partial charge in [-0.25, -0.2) is 13.1 Å². The van der Waals surface area contributed by atoms with E-state index in [2.05, 4.69) is 4.72 Å². The molecular formula is C13H22N2O4S. The van der Waals surface area contributed by atoms with E-state index in [4.69, 9.17) is 15.2 Å². The number of nitrogens with one attached hydrogen (secondary N) is 1. The Bertz CT molecular complexity index is 531. The molecule has 0 aliphatic rings. The number of rotatable bonds is 8. The standard InChI is InChI=1S/C13H22N2O4S/c1-10(9-18-2)8-15-20(16,17)13-5-4-11(7-14)6-12(13)19-3/h4-6,10,15H,7-9,14H2,1-3H3. The first-order valence-electron chi connectivity index (χ1n) is 6.30. The van der Waals surface area contributed by atoms with Crippen LogP contribution in [-0.4, -0.2) is 35.8 Å². The zero-order valence-corrected chi connectivity index (χ0v) is 12.9. The van der Waals surface area contributed by atoms with Gasteiger partial charge in [0.25, 0.3) is 0 Å². The van der Waals surface area contributed by atoms with Crippen molar-refractivity contribution in [2.24, 2.45) is 11.7 Å². The molecule has 20 heavy (non-hydrogen) atoms. The van der Waals surface area contributed by atoms with Crippen molar-refractivity contribution in [3.8, 4) is 5.75 Å². The highest BCUT2D eigenvalue weighted by atomic mass is 32.2. The first kappa shape index (κ1) is 16.9. The van der Waals surface area contributed by atoms with Gasteiger partial charge in [-0.1, -0.05) is 13.0 Å². The van der Waals surface area contributed by atoms with Crippen molar-refractivity contribution in [1.82, 2.24) is 4.72 Å². The Hall–Kier alpha value is -1.15. The van der Waals surface area contributed by atoms with Crippen LogP contribution in [0.15, 0.2) is 23.1 Å². The Balaban J connectivity index is 2.92. The lowest BCUT2D eigenvalue weighted by Crippen LogP contribution is -2.30. The molecule has 7 heteroatoms. The van der Waals surface area contributed by atoms with Gasteiger partial charge in [-0.2, -0.15) is 0 Å². The summed E-state index contributed by atoms with van der Waals surface area (Å²) >= 11 is 0. The van der Waals surface area contributed by atoms with Crippen LogP contribution in [-0.2, 0) is 21.3 Å². The van der Waals surface area contributed by atoms with Crippen molar-refractivity contribution in [3.63, 3.8) is 0 Å². The third-order valence-electron chi connectivity index (χ3n) is 2.83. The number of methoxy groups -OCH3 is 2. The van der Waals surface area contributed by atoms with Gasteiger partial charge in [0, 0.05) is 26.8 Å². The fraction of sp³-hybridized carbons (Fsp3) is 0.538. The summed E-state index contributed by atoms with van der Waals surface area (Å²) in [5.41, 5.74) is 6.34. The lowest BCUT2D eigenvalue weighted by atomic mass is 10.2. The second kappa shape index (κ2) is 7.58. The van der Waals surface area contributed by atoms with E-state index in [1.807, 2.05) is 6.92 Å². The summed E-state index contributed by atoms with van der Waals surface area (Å²) < 4.78 is 37.2. The maximum Gasteiger partial charge on any atom is 0.244 e. The van der Waals surface area contributed by atoms with E-state index in [0.717, 1.165) is 5.56 Å². The Morgan fingerprint density at radius 2 is 2.05 bits per heavy atom. The maximum absolute atomic E-state index is 12.3. The second-order valence-corrected chi connectivity index (χ2v) is 6.34. The Morgan fingerprint density at radius 3 is 2.60 bits per heavy atom. The SMILES string of the molecule is COCC(C)CNS(=O)(=O)c1ccc(CN)cc1OC. The van der Waals surface area contributed by atoms with E-state index in [1.165, 1.54) is 13.2 Å². The highest BCUT2D eigenvalue weighted by Crippen LogP contribution is 2.24. The molecule has 0 heterocycles. The summed E-state index contributed by atoms with van der Waals surface area (Å²) in [5.74, 6) is 0.379. The molecule has 1 atom stereocenters. The van der Waals surface area contributed by atoms with E-state index in [-0.39, 0.29) is 10.8 Å². The van der Waals surface area contributed by atoms with Crippen molar-refractivity contribution in [2.45, 2.75) is 18.4 Å². The number of benzene rings is 1. The summed E-state index contributed by atoms with van der Waals surface area (Å²) in [6, 6.07) is 4.81. The number of nitrogens with two attached hydrogens (primary N) is 1. The molecule has 1 aromatic carbocycles. The average Bonchev–Trinajstić information content (AvgIpc) is 2.44. The molecule has 114 valence electrons. The van der Waals surface area contributed by atoms with Crippen LogP contribution in [0.2, 0.25) is 0 Å². The van der Waals surface area contributed by atoms with Crippen LogP contribution < -0.4 is 15.2 Å². The molecular weight excluding hydrogens is 280 g/mol. The number of hydrogen-bond donors (Lipinski definition) is 2. The van der Waals surface area contributed by atoms with Gasteiger partial charge in [0.1, 0.15) is 10.6 Å². The van der Waals surface area contributed by atoms with Crippen molar-refractivity contribution in [1.29, 1.82) is 0 Å². The molecule has 0 aromatic heterocycles. The minimum atomic E-state index is -3.61. The van der Waals surface area contributed by atoms with Gasteiger partial charge in [0.15, 0.2) is 0 Å². The second-order valence-electron chi connectivity index (χ2n) is 4.60. The summed E-state index contributed by atoms with van der Waals surface area (Å²) in [6.45, 7) is 3.03. The van der Waals surface area contributed by atoms with Gasteiger partial charge in [-0.05, 0) is 23.6 Å². The minimum Gasteiger partial charge on any atom is -0.495 e. The Kier molecular flexibility index (Phi) is 6.41. The molecule has 0 amide bonds. The van der Waals surface area contributed by atoms with Crippen LogP contribution >= 0.6 is 0 Å². The quantitative estimate of drug-likeness (QED) is 0.738. The Morgan fingerprint density at radius 1 is 1.35 bits per heavy atom. The fourth-order valence-corrected chi connectivity index (χ4v) is 3.05. The van der Waals surface area contributed by atoms with Crippen LogP contribution in [0.25, 0.3) is 0 Å². The zero-order chi connectivity index (χ0) is 15.2. The van der Waals surface area contributed by atoms with E-state index in [9.17, 15) is 8.42 Å². The maximum atomic E-state index is 12.3. The molecule has 0 saturated carbocycles. The van der Waals surface area contributed by atoms with Crippen LogP contribution in [0.3, 0.4) is 0 Å². The lowest BCUT2D eigenvalue weighted by molar-refractivity contribution is 0.161. The molecule has 0 aliphatic carbocycles. The number of ether oxygens (including phenoxy) is 2. The third kappa shape index (κ3) is 4.45. The van der Waals surface area contributed by atoms with Crippen LogP contribution in [0.1, 0.15) is 12.5 Å². The smallest absolute Gasteiger partial charge is 0.244 e. The zero-order valence-electron chi connectivity index (χ0n) is 12.0. The van der Waals surface area contributed by atoms with E-state index < -0.39 is 10.0 Å². The molecule has 0 saturated heterocycles. The molecule has 1 rings (SSSR count). The number of sulfonamides is 1. The van der Waals surface area contributed by atoms with Crippen LogP contribution in [0.5, 0.6) is 5.75 Å². The predicted molar refractivity (Wildman–Crippen MR) is 77.1 cm³/mol. The summed E-state index contributed by atoms with van der Waals surface area (Å²) in [5, 5.41) is 0. The molecule has 0 bridgehead atoms. The summed E-state index contributed by atoms with van der Waals surface area (Å²) in [4.78, 5) is 0.113. The molecule has 3 N–H and O–H groups in total. The van der Waals surface area contributed by atoms with Crippen LogP contribution in [0, 0.1) is 5.92 Å². The molecule has 6 nitrogen and oxygen atoms in total. The highest BCUT2D eigenvalue weighted by molar-refractivity contribution is 7.89. The molecule has 0 radical (unpaired) electrons. The monoisotopic (exact) mass is 302 g/mol. The molecule has 0 fully saturated rings. The Labute approximate surface area is 120 Å². The van der Waals surface area contributed by atoms with E-state index in [0.29, 0.717) is 25.4 Å².